The van der Waals surface area contributed by atoms with Crippen LogP contribution >= 0.6 is 11.6 Å². The maximum atomic E-state index is 11.2. The van der Waals surface area contributed by atoms with E-state index < -0.39 is 5.97 Å². The van der Waals surface area contributed by atoms with Gasteiger partial charge in [0.05, 0.1) is 6.54 Å². The first-order valence-corrected chi connectivity index (χ1v) is 5.36. The summed E-state index contributed by atoms with van der Waals surface area (Å²) in [7, 11) is 0. The molecule has 0 aromatic rings. The SMILES string of the molecule is C=C(Cl)CNC(=O)NCC(C)CCC(=O)O. The van der Waals surface area contributed by atoms with E-state index in [0.29, 0.717) is 18.0 Å². The zero-order valence-electron chi connectivity index (χ0n) is 9.25. The number of carbonyl (C=O) groups is 2. The van der Waals surface area contributed by atoms with E-state index in [1.54, 1.807) is 0 Å². The third kappa shape index (κ3) is 9.33. The molecule has 0 bridgehead atoms. The fourth-order valence-electron chi connectivity index (χ4n) is 0.978. The minimum absolute atomic E-state index is 0.114. The van der Waals surface area contributed by atoms with E-state index in [9.17, 15) is 9.59 Å². The molecular formula is C10H17ClN2O3. The van der Waals surface area contributed by atoms with Crippen molar-refractivity contribution in [2.75, 3.05) is 13.1 Å². The summed E-state index contributed by atoms with van der Waals surface area (Å²) in [6.45, 7) is 5.97. The number of hydrogen-bond donors (Lipinski definition) is 3. The number of carboxylic acid groups (broad SMARTS) is 1. The van der Waals surface area contributed by atoms with Crippen molar-refractivity contribution in [3.63, 3.8) is 0 Å². The van der Waals surface area contributed by atoms with E-state index in [-0.39, 0.29) is 24.9 Å². The van der Waals surface area contributed by atoms with Crippen LogP contribution in [0.15, 0.2) is 11.6 Å². The van der Waals surface area contributed by atoms with E-state index in [4.69, 9.17) is 16.7 Å². The summed E-state index contributed by atoms with van der Waals surface area (Å²) >= 11 is 5.47. The first-order chi connectivity index (χ1) is 7.41. The van der Waals surface area contributed by atoms with Crippen molar-refractivity contribution < 1.29 is 14.7 Å². The van der Waals surface area contributed by atoms with Crippen molar-refractivity contribution in [1.82, 2.24) is 10.6 Å². The summed E-state index contributed by atoms with van der Waals surface area (Å²) in [5.41, 5.74) is 0. The van der Waals surface area contributed by atoms with Gasteiger partial charge >= 0.3 is 12.0 Å². The quantitative estimate of drug-likeness (QED) is 0.640. The second-order valence-electron chi connectivity index (χ2n) is 3.62. The van der Waals surface area contributed by atoms with Crippen LogP contribution in [-0.2, 0) is 4.79 Å². The molecule has 0 saturated carbocycles. The van der Waals surface area contributed by atoms with E-state index in [0.717, 1.165) is 0 Å². The van der Waals surface area contributed by atoms with Gasteiger partial charge in [-0.05, 0) is 12.3 Å². The smallest absolute Gasteiger partial charge is 0.315 e. The van der Waals surface area contributed by atoms with Gasteiger partial charge in [-0.15, -0.1) is 0 Å². The lowest BCUT2D eigenvalue weighted by Gasteiger charge is -2.11. The Hall–Kier alpha value is -1.23. The Morgan fingerprint density at radius 1 is 1.44 bits per heavy atom. The summed E-state index contributed by atoms with van der Waals surface area (Å²) in [5.74, 6) is -0.698. The van der Waals surface area contributed by atoms with Crippen LogP contribution in [0.5, 0.6) is 0 Å². The molecule has 1 unspecified atom stereocenters. The van der Waals surface area contributed by atoms with Gasteiger partial charge in [0.2, 0.25) is 0 Å². The fraction of sp³-hybridized carbons (Fsp3) is 0.600. The molecule has 0 spiro atoms. The van der Waals surface area contributed by atoms with Gasteiger partial charge in [0.15, 0.2) is 0 Å². The molecule has 0 heterocycles. The van der Waals surface area contributed by atoms with Crippen LogP contribution in [0.4, 0.5) is 4.79 Å². The van der Waals surface area contributed by atoms with Gasteiger partial charge in [-0.25, -0.2) is 4.79 Å². The highest BCUT2D eigenvalue weighted by atomic mass is 35.5. The van der Waals surface area contributed by atoms with Crippen LogP contribution in [-0.4, -0.2) is 30.2 Å². The van der Waals surface area contributed by atoms with Gasteiger partial charge < -0.3 is 15.7 Å². The molecular weight excluding hydrogens is 232 g/mol. The average Bonchev–Trinajstić information content (AvgIpc) is 2.20. The molecule has 0 aliphatic heterocycles. The Kier molecular flexibility index (Phi) is 7.37. The number of halogens is 1. The topological polar surface area (TPSA) is 78.4 Å². The third-order valence-electron chi connectivity index (χ3n) is 1.90. The summed E-state index contributed by atoms with van der Waals surface area (Å²) in [6.07, 6.45) is 0.654. The Balaban J connectivity index is 3.58. The van der Waals surface area contributed by atoms with Crippen molar-refractivity contribution in [2.24, 2.45) is 5.92 Å². The Labute approximate surface area is 99.9 Å². The maximum Gasteiger partial charge on any atom is 0.315 e. The predicted molar refractivity (Wildman–Crippen MR) is 62.4 cm³/mol. The molecule has 0 aromatic carbocycles. The molecule has 16 heavy (non-hydrogen) atoms. The Morgan fingerprint density at radius 2 is 2.06 bits per heavy atom. The number of rotatable bonds is 7. The summed E-state index contributed by atoms with van der Waals surface area (Å²) in [5, 5.41) is 13.9. The highest BCUT2D eigenvalue weighted by Gasteiger charge is 2.07. The second-order valence-corrected chi connectivity index (χ2v) is 4.15. The molecule has 0 saturated heterocycles. The number of carbonyl (C=O) groups excluding carboxylic acids is 1. The predicted octanol–water partition coefficient (Wildman–Crippen LogP) is 1.54. The number of carboxylic acids is 1. The van der Waals surface area contributed by atoms with Crippen molar-refractivity contribution in [2.45, 2.75) is 19.8 Å². The molecule has 3 N–H and O–H groups in total. The first kappa shape index (κ1) is 14.8. The van der Waals surface area contributed by atoms with Crippen LogP contribution in [0.1, 0.15) is 19.8 Å². The molecule has 0 aliphatic rings. The third-order valence-corrected chi connectivity index (χ3v) is 2.04. The van der Waals surface area contributed by atoms with Crippen LogP contribution in [0, 0.1) is 5.92 Å². The van der Waals surface area contributed by atoms with Crippen LogP contribution in [0.3, 0.4) is 0 Å². The minimum atomic E-state index is -0.824. The van der Waals surface area contributed by atoms with Crippen LogP contribution in [0.25, 0.3) is 0 Å². The lowest BCUT2D eigenvalue weighted by molar-refractivity contribution is -0.137. The van der Waals surface area contributed by atoms with Gasteiger partial charge in [-0.1, -0.05) is 25.1 Å². The molecule has 92 valence electrons. The largest absolute Gasteiger partial charge is 0.481 e. The first-order valence-electron chi connectivity index (χ1n) is 4.98. The summed E-state index contributed by atoms with van der Waals surface area (Å²) in [4.78, 5) is 21.4. The molecule has 1 atom stereocenters. The van der Waals surface area contributed by atoms with Crippen molar-refractivity contribution in [3.05, 3.63) is 11.6 Å². The van der Waals surface area contributed by atoms with Crippen LogP contribution < -0.4 is 10.6 Å². The van der Waals surface area contributed by atoms with E-state index in [1.165, 1.54) is 0 Å². The molecule has 2 amide bonds. The van der Waals surface area contributed by atoms with Gasteiger partial charge in [0.1, 0.15) is 0 Å². The molecule has 0 aromatic heterocycles. The Morgan fingerprint density at radius 3 is 2.56 bits per heavy atom. The zero-order chi connectivity index (χ0) is 12.6. The van der Waals surface area contributed by atoms with Gasteiger partial charge in [0.25, 0.3) is 0 Å². The lowest BCUT2D eigenvalue weighted by atomic mass is 10.1. The standard InChI is InChI=1S/C10H17ClN2O3/c1-7(3-4-9(14)15)5-12-10(16)13-6-8(2)11/h7H,2-6H2,1H3,(H,14,15)(H2,12,13,16). The number of nitrogens with one attached hydrogen (secondary N) is 2. The number of aliphatic carboxylic acids is 1. The van der Waals surface area contributed by atoms with E-state index in [1.807, 2.05) is 6.92 Å². The van der Waals surface area contributed by atoms with Crippen LogP contribution in [0.2, 0.25) is 0 Å². The minimum Gasteiger partial charge on any atom is -0.481 e. The van der Waals surface area contributed by atoms with E-state index >= 15 is 0 Å². The normalized spacial score (nSPS) is 11.6. The lowest BCUT2D eigenvalue weighted by Crippen LogP contribution is -2.38. The molecule has 0 radical (unpaired) electrons. The Bertz CT molecular complexity index is 269. The second kappa shape index (κ2) is 7.98. The highest BCUT2D eigenvalue weighted by Crippen LogP contribution is 2.03. The number of amides is 2. The maximum absolute atomic E-state index is 11.2. The monoisotopic (exact) mass is 248 g/mol. The van der Waals surface area contributed by atoms with Crippen molar-refractivity contribution in [1.29, 1.82) is 0 Å². The highest BCUT2D eigenvalue weighted by molar-refractivity contribution is 6.29. The van der Waals surface area contributed by atoms with Crippen molar-refractivity contribution in [3.8, 4) is 0 Å². The molecule has 0 aliphatic carbocycles. The fourth-order valence-corrected chi connectivity index (χ4v) is 1.04. The van der Waals surface area contributed by atoms with Gasteiger partial charge in [-0.3, -0.25) is 4.79 Å². The number of urea groups is 1. The average molecular weight is 249 g/mol. The molecule has 5 nitrogen and oxygen atoms in total. The zero-order valence-corrected chi connectivity index (χ0v) is 10.0. The molecule has 0 fully saturated rings. The molecule has 6 heteroatoms. The summed E-state index contributed by atoms with van der Waals surface area (Å²) < 4.78 is 0. The number of hydrogen-bond acceptors (Lipinski definition) is 2. The van der Waals surface area contributed by atoms with E-state index in [2.05, 4.69) is 17.2 Å². The van der Waals surface area contributed by atoms with Gasteiger partial charge in [0, 0.05) is 18.0 Å². The van der Waals surface area contributed by atoms with Crippen molar-refractivity contribution >= 4 is 23.6 Å². The summed E-state index contributed by atoms with van der Waals surface area (Å²) in [6, 6.07) is -0.330. The molecule has 0 rings (SSSR count). The van der Waals surface area contributed by atoms with Gasteiger partial charge in [-0.2, -0.15) is 0 Å².